The number of carbonyl (C=O) groups is 2. The van der Waals surface area contributed by atoms with Crippen LogP contribution in [0.4, 0.5) is 9.18 Å². The van der Waals surface area contributed by atoms with Gasteiger partial charge in [-0.1, -0.05) is 12.1 Å². The van der Waals surface area contributed by atoms with Gasteiger partial charge in [0, 0.05) is 0 Å². The smallest absolute Gasteiger partial charge is 0.293 e. The third-order valence-corrected chi connectivity index (χ3v) is 5.02. The van der Waals surface area contributed by atoms with E-state index in [2.05, 4.69) is 0 Å². The van der Waals surface area contributed by atoms with Crippen LogP contribution >= 0.6 is 11.8 Å². The van der Waals surface area contributed by atoms with E-state index < -0.39 is 5.91 Å². The minimum absolute atomic E-state index is 0.0809. The highest BCUT2D eigenvalue weighted by molar-refractivity contribution is 8.18. The fourth-order valence-corrected chi connectivity index (χ4v) is 3.58. The Balaban J connectivity index is 1.88. The first-order valence-electron chi connectivity index (χ1n) is 8.26. The standard InChI is InChI=1S/C20H18FNO5S/c1-25-15-8-13(9-16(26-2)18(15)27-3)10-17-19(23)22(20(24)28-17)11-12-4-6-14(21)7-5-12/h4-10H,11H2,1-3H3/b17-10-. The molecule has 0 aromatic heterocycles. The van der Waals surface area contributed by atoms with Crippen LogP contribution in [0.5, 0.6) is 17.2 Å². The Hall–Kier alpha value is -3.00. The molecule has 0 saturated carbocycles. The van der Waals surface area contributed by atoms with E-state index in [9.17, 15) is 14.0 Å². The molecule has 2 amide bonds. The molecule has 146 valence electrons. The van der Waals surface area contributed by atoms with Gasteiger partial charge in [0.15, 0.2) is 11.5 Å². The van der Waals surface area contributed by atoms with Gasteiger partial charge < -0.3 is 14.2 Å². The first-order chi connectivity index (χ1) is 13.5. The number of methoxy groups -OCH3 is 3. The molecule has 6 nitrogen and oxygen atoms in total. The second kappa shape index (κ2) is 8.35. The Labute approximate surface area is 165 Å². The Morgan fingerprint density at radius 1 is 1.00 bits per heavy atom. The summed E-state index contributed by atoms with van der Waals surface area (Å²) in [4.78, 5) is 26.4. The second-order valence-corrected chi connectivity index (χ2v) is 6.85. The average Bonchev–Trinajstić information content (AvgIpc) is 2.96. The van der Waals surface area contributed by atoms with E-state index in [4.69, 9.17) is 14.2 Å². The van der Waals surface area contributed by atoms with Crippen LogP contribution in [-0.2, 0) is 11.3 Å². The summed E-state index contributed by atoms with van der Waals surface area (Å²) in [5.74, 6) is 0.539. The number of hydrogen-bond donors (Lipinski definition) is 0. The molecular formula is C20H18FNO5S. The molecule has 0 bridgehead atoms. The molecule has 1 fully saturated rings. The number of thioether (sulfide) groups is 1. The highest BCUT2D eigenvalue weighted by Gasteiger charge is 2.35. The van der Waals surface area contributed by atoms with E-state index in [1.807, 2.05) is 0 Å². The van der Waals surface area contributed by atoms with Crippen molar-refractivity contribution in [3.05, 3.63) is 58.2 Å². The van der Waals surface area contributed by atoms with Gasteiger partial charge in [0.1, 0.15) is 5.82 Å². The van der Waals surface area contributed by atoms with Crippen molar-refractivity contribution in [2.24, 2.45) is 0 Å². The quantitative estimate of drug-likeness (QED) is 0.677. The van der Waals surface area contributed by atoms with Gasteiger partial charge in [-0.2, -0.15) is 0 Å². The molecule has 1 saturated heterocycles. The Morgan fingerprint density at radius 2 is 1.61 bits per heavy atom. The molecule has 0 spiro atoms. The normalized spacial score (nSPS) is 15.3. The van der Waals surface area contributed by atoms with Crippen LogP contribution in [-0.4, -0.2) is 37.4 Å². The zero-order valence-corrected chi connectivity index (χ0v) is 16.3. The summed E-state index contributed by atoms with van der Waals surface area (Å²) >= 11 is 0.847. The van der Waals surface area contributed by atoms with E-state index in [1.54, 1.807) is 30.3 Å². The highest BCUT2D eigenvalue weighted by atomic mass is 32.2. The van der Waals surface area contributed by atoms with Crippen LogP contribution < -0.4 is 14.2 Å². The number of imide groups is 1. The molecule has 0 aliphatic carbocycles. The van der Waals surface area contributed by atoms with E-state index in [-0.39, 0.29) is 22.5 Å². The van der Waals surface area contributed by atoms with Gasteiger partial charge in [-0.15, -0.1) is 0 Å². The van der Waals surface area contributed by atoms with Gasteiger partial charge in [-0.25, -0.2) is 4.39 Å². The summed E-state index contributed by atoms with van der Waals surface area (Å²) in [5, 5.41) is -0.381. The second-order valence-electron chi connectivity index (χ2n) is 5.85. The van der Waals surface area contributed by atoms with Gasteiger partial charge in [0.25, 0.3) is 11.1 Å². The lowest BCUT2D eigenvalue weighted by Gasteiger charge is -2.13. The lowest BCUT2D eigenvalue weighted by Crippen LogP contribution is -2.27. The molecule has 28 heavy (non-hydrogen) atoms. The van der Waals surface area contributed by atoms with E-state index in [0.717, 1.165) is 16.7 Å². The van der Waals surface area contributed by atoms with Crippen molar-refractivity contribution >= 4 is 29.0 Å². The monoisotopic (exact) mass is 403 g/mol. The molecule has 1 aliphatic heterocycles. The summed E-state index contributed by atoms with van der Waals surface area (Å²) in [6.45, 7) is 0.0809. The minimum atomic E-state index is -0.409. The number of rotatable bonds is 6. The van der Waals surface area contributed by atoms with Crippen molar-refractivity contribution in [1.82, 2.24) is 4.90 Å². The lowest BCUT2D eigenvalue weighted by atomic mass is 10.1. The molecular weight excluding hydrogens is 385 g/mol. The third kappa shape index (κ3) is 3.96. The Bertz CT molecular complexity index is 917. The molecule has 0 atom stereocenters. The first-order valence-corrected chi connectivity index (χ1v) is 9.08. The fourth-order valence-electron chi connectivity index (χ4n) is 2.74. The molecule has 1 heterocycles. The van der Waals surface area contributed by atoms with Crippen LogP contribution in [0.1, 0.15) is 11.1 Å². The minimum Gasteiger partial charge on any atom is -0.493 e. The molecule has 2 aromatic rings. The molecule has 0 radical (unpaired) electrons. The van der Waals surface area contributed by atoms with Crippen molar-refractivity contribution < 1.29 is 28.2 Å². The van der Waals surface area contributed by atoms with Crippen molar-refractivity contribution in [2.45, 2.75) is 6.54 Å². The maximum absolute atomic E-state index is 13.0. The predicted molar refractivity (Wildman–Crippen MR) is 104 cm³/mol. The zero-order chi connectivity index (χ0) is 20.3. The van der Waals surface area contributed by atoms with Gasteiger partial charge in [0.05, 0.1) is 32.8 Å². The lowest BCUT2D eigenvalue weighted by molar-refractivity contribution is -0.123. The number of carbonyl (C=O) groups excluding carboxylic acids is 2. The average molecular weight is 403 g/mol. The highest BCUT2D eigenvalue weighted by Crippen LogP contribution is 2.40. The van der Waals surface area contributed by atoms with Gasteiger partial charge in [-0.3, -0.25) is 14.5 Å². The molecule has 8 heteroatoms. The Morgan fingerprint density at radius 3 is 2.14 bits per heavy atom. The van der Waals surface area contributed by atoms with Crippen molar-refractivity contribution in [2.75, 3.05) is 21.3 Å². The van der Waals surface area contributed by atoms with E-state index in [0.29, 0.717) is 28.4 Å². The molecule has 1 aliphatic rings. The SMILES string of the molecule is COc1cc(/C=C2\SC(=O)N(Cc3ccc(F)cc3)C2=O)cc(OC)c1OC. The fraction of sp³-hybridized carbons (Fsp3) is 0.200. The summed E-state index contributed by atoms with van der Waals surface area (Å²) in [6.07, 6.45) is 1.60. The first kappa shape index (κ1) is 19.8. The van der Waals surface area contributed by atoms with Crippen LogP contribution in [0.3, 0.4) is 0 Å². The number of nitrogens with zero attached hydrogens (tertiary/aromatic N) is 1. The van der Waals surface area contributed by atoms with Crippen molar-refractivity contribution in [1.29, 1.82) is 0 Å². The summed E-state index contributed by atoms with van der Waals surface area (Å²) in [7, 11) is 4.50. The maximum atomic E-state index is 13.0. The molecule has 3 rings (SSSR count). The van der Waals surface area contributed by atoms with Gasteiger partial charge >= 0.3 is 0 Å². The number of amides is 2. The van der Waals surface area contributed by atoms with Gasteiger partial charge in [-0.05, 0) is 53.2 Å². The largest absolute Gasteiger partial charge is 0.493 e. The Kier molecular flexibility index (Phi) is 5.89. The predicted octanol–water partition coefficient (Wildman–Crippen LogP) is 4.09. The van der Waals surface area contributed by atoms with Crippen LogP contribution in [0.15, 0.2) is 41.3 Å². The topological polar surface area (TPSA) is 65.1 Å². The van der Waals surface area contributed by atoms with Crippen molar-refractivity contribution in [3.63, 3.8) is 0 Å². The molecule has 0 unspecified atom stereocenters. The number of hydrogen-bond acceptors (Lipinski definition) is 6. The number of benzene rings is 2. The van der Waals surface area contributed by atoms with E-state index >= 15 is 0 Å². The molecule has 2 aromatic carbocycles. The number of ether oxygens (including phenoxy) is 3. The summed E-state index contributed by atoms with van der Waals surface area (Å²) in [5.41, 5.74) is 1.29. The molecule has 0 N–H and O–H groups in total. The third-order valence-electron chi connectivity index (χ3n) is 4.11. The number of halogens is 1. The van der Waals surface area contributed by atoms with Gasteiger partial charge in [0.2, 0.25) is 5.75 Å². The summed E-state index contributed by atoms with van der Waals surface area (Å²) < 4.78 is 28.9. The van der Waals surface area contributed by atoms with Crippen LogP contribution in [0.2, 0.25) is 0 Å². The van der Waals surface area contributed by atoms with Crippen LogP contribution in [0.25, 0.3) is 6.08 Å². The van der Waals surface area contributed by atoms with Crippen molar-refractivity contribution in [3.8, 4) is 17.2 Å². The zero-order valence-electron chi connectivity index (χ0n) is 15.5. The summed E-state index contributed by atoms with van der Waals surface area (Å²) in [6, 6.07) is 9.05. The van der Waals surface area contributed by atoms with E-state index in [1.165, 1.54) is 33.5 Å². The maximum Gasteiger partial charge on any atom is 0.293 e. The van der Waals surface area contributed by atoms with Crippen LogP contribution in [0, 0.1) is 5.82 Å².